The lowest BCUT2D eigenvalue weighted by Gasteiger charge is -2.13. The molecular formula is C29H28N4O5. The van der Waals surface area contributed by atoms with Crippen molar-refractivity contribution in [2.75, 3.05) is 13.2 Å². The predicted octanol–water partition coefficient (Wildman–Crippen LogP) is 5.16. The summed E-state index contributed by atoms with van der Waals surface area (Å²) in [5.41, 5.74) is 5.50. The van der Waals surface area contributed by atoms with Crippen LogP contribution in [0.4, 0.5) is 0 Å². The fraction of sp³-hybridized carbons (Fsp3) is 0.241. The van der Waals surface area contributed by atoms with Crippen LogP contribution in [0.1, 0.15) is 36.7 Å². The standard InChI is InChI=1S/C29H28N4O5/c1-4-32-26(31-38-29(32)35)22-11-8-7-10-21(22)20-16-14-19(15-17-20)18-33-25-23(27(34)36-5-2)12-9-13-24(25)30-28(33)37-6-3/h7-17H,4-6,18H2,1-3H3. The molecule has 194 valence electrons. The topological polar surface area (TPSA) is 101 Å². The second-order valence-electron chi connectivity index (χ2n) is 8.57. The minimum atomic E-state index is -0.479. The Morgan fingerprint density at radius 2 is 1.66 bits per heavy atom. The van der Waals surface area contributed by atoms with Crippen LogP contribution in [-0.2, 0) is 17.8 Å². The Morgan fingerprint density at radius 3 is 2.37 bits per heavy atom. The number of esters is 1. The fourth-order valence-electron chi connectivity index (χ4n) is 4.57. The van der Waals surface area contributed by atoms with Crippen molar-refractivity contribution >= 4 is 17.0 Å². The van der Waals surface area contributed by atoms with Crippen molar-refractivity contribution in [3.05, 3.63) is 88.4 Å². The van der Waals surface area contributed by atoms with Gasteiger partial charge in [0, 0.05) is 12.1 Å². The number of rotatable bonds is 9. The van der Waals surface area contributed by atoms with Crippen LogP contribution >= 0.6 is 0 Å². The Hall–Kier alpha value is -4.66. The van der Waals surface area contributed by atoms with Crippen LogP contribution < -0.4 is 10.5 Å². The monoisotopic (exact) mass is 512 g/mol. The molecule has 0 radical (unpaired) electrons. The summed E-state index contributed by atoms with van der Waals surface area (Å²) in [5.74, 6) is -0.380. The minimum Gasteiger partial charge on any atom is -0.465 e. The third kappa shape index (κ3) is 4.58. The van der Waals surface area contributed by atoms with E-state index in [1.54, 1.807) is 19.1 Å². The number of nitrogens with zero attached hydrogens (tertiary/aromatic N) is 4. The molecule has 38 heavy (non-hydrogen) atoms. The Kier molecular flexibility index (Phi) is 7.08. The second-order valence-corrected chi connectivity index (χ2v) is 8.57. The van der Waals surface area contributed by atoms with Crippen LogP contribution in [0, 0.1) is 0 Å². The van der Waals surface area contributed by atoms with Gasteiger partial charge in [-0.2, -0.15) is 4.98 Å². The van der Waals surface area contributed by atoms with Gasteiger partial charge in [-0.1, -0.05) is 59.8 Å². The molecule has 0 N–H and O–H groups in total. The molecular weight excluding hydrogens is 484 g/mol. The maximum Gasteiger partial charge on any atom is 0.441 e. The Balaban J connectivity index is 1.53. The SMILES string of the molecule is CCOC(=O)c1cccc2nc(OCC)n(Cc3ccc(-c4ccccc4-c4noc(=O)n4CC)cc3)c12. The van der Waals surface area contributed by atoms with Gasteiger partial charge in [0.15, 0.2) is 5.82 Å². The minimum absolute atomic E-state index is 0.285. The van der Waals surface area contributed by atoms with Gasteiger partial charge in [-0.05, 0) is 49.6 Å². The first-order valence-electron chi connectivity index (χ1n) is 12.6. The number of hydrogen-bond acceptors (Lipinski definition) is 7. The summed E-state index contributed by atoms with van der Waals surface area (Å²) in [4.78, 5) is 29.4. The fourth-order valence-corrected chi connectivity index (χ4v) is 4.57. The molecule has 2 aromatic heterocycles. The zero-order valence-electron chi connectivity index (χ0n) is 21.5. The van der Waals surface area contributed by atoms with Crippen molar-refractivity contribution < 1.29 is 18.8 Å². The first-order valence-corrected chi connectivity index (χ1v) is 12.6. The normalized spacial score (nSPS) is 11.1. The highest BCUT2D eigenvalue weighted by molar-refractivity contribution is 6.02. The number of carbonyl (C=O) groups is 1. The average molecular weight is 513 g/mol. The summed E-state index contributed by atoms with van der Waals surface area (Å²) < 4.78 is 19.4. The van der Waals surface area contributed by atoms with E-state index in [1.165, 1.54) is 4.57 Å². The molecule has 0 aliphatic rings. The van der Waals surface area contributed by atoms with Crippen molar-refractivity contribution in [2.24, 2.45) is 0 Å². The van der Waals surface area contributed by atoms with Crippen LogP contribution in [0.25, 0.3) is 33.5 Å². The molecule has 0 bridgehead atoms. The van der Waals surface area contributed by atoms with E-state index in [0.29, 0.717) is 48.1 Å². The molecule has 0 saturated heterocycles. The highest BCUT2D eigenvalue weighted by atomic mass is 16.5. The Bertz CT molecular complexity index is 1650. The number of carbonyl (C=O) groups excluding carboxylic acids is 1. The summed E-state index contributed by atoms with van der Waals surface area (Å²) in [6, 6.07) is 21.7. The largest absolute Gasteiger partial charge is 0.465 e. The number of ether oxygens (including phenoxy) is 2. The maximum absolute atomic E-state index is 12.7. The second kappa shape index (κ2) is 10.8. The molecule has 5 rings (SSSR count). The predicted molar refractivity (Wildman–Crippen MR) is 143 cm³/mol. The number of imidazole rings is 1. The maximum atomic E-state index is 12.7. The van der Waals surface area contributed by atoms with Gasteiger partial charge in [-0.15, -0.1) is 0 Å². The first-order chi connectivity index (χ1) is 18.5. The van der Waals surface area contributed by atoms with Crippen LogP contribution in [0.2, 0.25) is 0 Å². The van der Waals surface area contributed by atoms with Crippen molar-refractivity contribution in [3.63, 3.8) is 0 Å². The van der Waals surface area contributed by atoms with E-state index in [-0.39, 0.29) is 6.61 Å². The molecule has 0 fully saturated rings. The van der Waals surface area contributed by atoms with E-state index in [4.69, 9.17) is 14.0 Å². The van der Waals surface area contributed by atoms with Gasteiger partial charge in [0.2, 0.25) is 0 Å². The van der Waals surface area contributed by atoms with Crippen LogP contribution in [0.15, 0.2) is 76.0 Å². The van der Waals surface area contributed by atoms with Crippen molar-refractivity contribution in [3.8, 4) is 28.5 Å². The third-order valence-corrected chi connectivity index (χ3v) is 6.28. The van der Waals surface area contributed by atoms with E-state index in [1.807, 2.05) is 73.0 Å². The van der Waals surface area contributed by atoms with Gasteiger partial charge in [0.05, 0.1) is 36.4 Å². The highest BCUT2D eigenvalue weighted by Gasteiger charge is 2.20. The Morgan fingerprint density at radius 1 is 0.895 bits per heavy atom. The lowest BCUT2D eigenvalue weighted by molar-refractivity contribution is 0.0528. The van der Waals surface area contributed by atoms with Crippen molar-refractivity contribution in [2.45, 2.75) is 33.9 Å². The molecule has 9 nitrogen and oxygen atoms in total. The summed E-state index contributed by atoms with van der Waals surface area (Å²) in [6.07, 6.45) is 0. The van der Waals surface area contributed by atoms with Crippen LogP contribution in [-0.4, -0.2) is 38.5 Å². The van der Waals surface area contributed by atoms with Crippen LogP contribution in [0.5, 0.6) is 6.01 Å². The molecule has 0 unspecified atom stereocenters. The number of para-hydroxylation sites is 1. The summed E-state index contributed by atoms with van der Waals surface area (Å²) in [6.45, 7) is 7.19. The number of benzene rings is 3. The van der Waals surface area contributed by atoms with E-state index in [2.05, 4.69) is 10.1 Å². The average Bonchev–Trinajstić information content (AvgIpc) is 3.48. The molecule has 0 aliphatic heterocycles. The van der Waals surface area contributed by atoms with Crippen molar-refractivity contribution in [1.29, 1.82) is 0 Å². The smallest absolute Gasteiger partial charge is 0.441 e. The number of fused-ring (bicyclic) bond motifs is 1. The summed E-state index contributed by atoms with van der Waals surface area (Å²) in [5, 5.41) is 4.02. The van der Waals surface area contributed by atoms with Gasteiger partial charge in [0.1, 0.15) is 0 Å². The highest BCUT2D eigenvalue weighted by Crippen LogP contribution is 2.32. The van der Waals surface area contributed by atoms with Gasteiger partial charge in [-0.3, -0.25) is 13.7 Å². The zero-order valence-corrected chi connectivity index (χ0v) is 21.5. The molecule has 5 aromatic rings. The first kappa shape index (κ1) is 25.0. The van der Waals surface area contributed by atoms with E-state index >= 15 is 0 Å². The molecule has 3 aromatic carbocycles. The Labute approximate surface area is 219 Å². The zero-order chi connectivity index (χ0) is 26.6. The van der Waals surface area contributed by atoms with Gasteiger partial charge < -0.3 is 9.47 Å². The molecule has 0 amide bonds. The van der Waals surface area contributed by atoms with Crippen LogP contribution in [0.3, 0.4) is 0 Å². The lowest BCUT2D eigenvalue weighted by Crippen LogP contribution is -2.13. The quantitative estimate of drug-likeness (QED) is 0.251. The lowest BCUT2D eigenvalue weighted by atomic mass is 9.98. The van der Waals surface area contributed by atoms with Gasteiger partial charge >= 0.3 is 11.7 Å². The van der Waals surface area contributed by atoms with Gasteiger partial charge in [0.25, 0.3) is 6.01 Å². The van der Waals surface area contributed by atoms with Crippen molar-refractivity contribution in [1.82, 2.24) is 19.3 Å². The molecule has 2 heterocycles. The van der Waals surface area contributed by atoms with E-state index < -0.39 is 11.7 Å². The molecule has 0 spiro atoms. The van der Waals surface area contributed by atoms with Gasteiger partial charge in [-0.25, -0.2) is 9.59 Å². The number of aromatic nitrogens is 4. The van der Waals surface area contributed by atoms with E-state index in [0.717, 1.165) is 22.3 Å². The molecule has 0 saturated carbocycles. The molecule has 0 aliphatic carbocycles. The summed E-state index contributed by atoms with van der Waals surface area (Å²) in [7, 11) is 0. The summed E-state index contributed by atoms with van der Waals surface area (Å²) >= 11 is 0. The van der Waals surface area contributed by atoms with E-state index in [9.17, 15) is 9.59 Å². The number of hydrogen-bond donors (Lipinski definition) is 0. The molecule has 0 atom stereocenters. The molecule has 9 heteroatoms. The third-order valence-electron chi connectivity index (χ3n) is 6.28.